The van der Waals surface area contributed by atoms with Crippen LogP contribution in [0.1, 0.15) is 20.7 Å². The molecule has 8 nitrogen and oxygen atoms in total. The van der Waals surface area contributed by atoms with Gasteiger partial charge in [-0.3, -0.25) is 0 Å². The molecule has 2 aromatic rings. The predicted molar refractivity (Wildman–Crippen MR) is 100 cm³/mol. The molecule has 1 fully saturated rings. The van der Waals surface area contributed by atoms with E-state index < -0.39 is 36.4 Å². The monoisotopic (exact) mass is 402 g/mol. The average Bonchev–Trinajstić information content (AvgIpc) is 2.90. The lowest BCUT2D eigenvalue weighted by Gasteiger charge is -2.25. The summed E-state index contributed by atoms with van der Waals surface area (Å²) < 4.78 is 21.0. The summed E-state index contributed by atoms with van der Waals surface area (Å²) in [6.07, 6.45) is -4.79. The van der Waals surface area contributed by atoms with E-state index in [-0.39, 0.29) is 20.0 Å². The van der Waals surface area contributed by atoms with E-state index in [0.29, 0.717) is 11.1 Å². The van der Waals surface area contributed by atoms with E-state index in [1.165, 1.54) is 0 Å². The fourth-order valence-corrected chi connectivity index (χ4v) is 2.78. The second kappa shape index (κ2) is 10.1. The van der Waals surface area contributed by atoms with E-state index >= 15 is 0 Å². The number of aliphatic hydroxyl groups excluding tert-OH is 2. The molecule has 4 atom stereocenters. The SMILES string of the molecule is O=C(OC[C@@H]1OCO[C@H](COC(=O)c2ccccc2)[C@H](O)[C@@H]1O)c1ccccc1. The minimum Gasteiger partial charge on any atom is -0.459 e. The van der Waals surface area contributed by atoms with E-state index in [0.717, 1.165) is 0 Å². The molecule has 3 rings (SSSR count). The van der Waals surface area contributed by atoms with Crippen LogP contribution < -0.4 is 0 Å². The van der Waals surface area contributed by atoms with Crippen LogP contribution >= 0.6 is 0 Å². The summed E-state index contributed by atoms with van der Waals surface area (Å²) in [5.74, 6) is -1.15. The van der Waals surface area contributed by atoms with Crippen LogP contribution in [0, 0.1) is 0 Å². The highest BCUT2D eigenvalue weighted by Gasteiger charge is 2.38. The predicted octanol–water partition coefficient (Wildman–Crippen LogP) is 1.16. The van der Waals surface area contributed by atoms with Gasteiger partial charge >= 0.3 is 11.9 Å². The molecule has 1 heterocycles. The van der Waals surface area contributed by atoms with Gasteiger partial charge in [-0.1, -0.05) is 36.4 Å². The number of aliphatic hydroxyl groups is 2. The van der Waals surface area contributed by atoms with Gasteiger partial charge in [0.25, 0.3) is 0 Å². The van der Waals surface area contributed by atoms with Crippen LogP contribution in [-0.2, 0) is 18.9 Å². The maximum Gasteiger partial charge on any atom is 0.338 e. The number of esters is 2. The molecule has 0 amide bonds. The molecular formula is C21H22O8. The third-order valence-corrected chi connectivity index (χ3v) is 4.45. The van der Waals surface area contributed by atoms with Gasteiger partial charge in [0.2, 0.25) is 0 Å². The molecular weight excluding hydrogens is 380 g/mol. The van der Waals surface area contributed by atoms with E-state index in [2.05, 4.69) is 0 Å². The van der Waals surface area contributed by atoms with Crippen LogP contribution in [0.3, 0.4) is 0 Å². The van der Waals surface area contributed by atoms with Crippen LogP contribution in [0.15, 0.2) is 60.7 Å². The summed E-state index contributed by atoms with van der Waals surface area (Å²) in [5.41, 5.74) is 0.719. The Morgan fingerprint density at radius 2 is 1.14 bits per heavy atom. The second-order valence-corrected chi connectivity index (χ2v) is 6.44. The van der Waals surface area contributed by atoms with Crippen molar-refractivity contribution in [1.29, 1.82) is 0 Å². The second-order valence-electron chi connectivity index (χ2n) is 6.44. The zero-order valence-corrected chi connectivity index (χ0v) is 15.5. The molecule has 0 radical (unpaired) electrons. The number of carbonyl (C=O) groups is 2. The van der Waals surface area contributed by atoms with Gasteiger partial charge in [0.1, 0.15) is 44.4 Å². The number of ether oxygens (including phenoxy) is 4. The van der Waals surface area contributed by atoms with Crippen molar-refractivity contribution in [3.8, 4) is 0 Å². The van der Waals surface area contributed by atoms with Crippen molar-refractivity contribution in [3.63, 3.8) is 0 Å². The van der Waals surface area contributed by atoms with Gasteiger partial charge < -0.3 is 29.2 Å². The van der Waals surface area contributed by atoms with E-state index in [1.54, 1.807) is 60.7 Å². The van der Waals surface area contributed by atoms with Crippen molar-refractivity contribution in [2.45, 2.75) is 24.4 Å². The Morgan fingerprint density at radius 1 is 0.759 bits per heavy atom. The smallest absolute Gasteiger partial charge is 0.338 e. The van der Waals surface area contributed by atoms with Gasteiger partial charge in [-0.25, -0.2) is 9.59 Å². The van der Waals surface area contributed by atoms with Gasteiger partial charge in [0.05, 0.1) is 11.1 Å². The number of carbonyl (C=O) groups excluding carboxylic acids is 2. The molecule has 1 aliphatic heterocycles. The molecule has 2 aromatic carbocycles. The first-order chi connectivity index (χ1) is 14.1. The first-order valence-electron chi connectivity index (χ1n) is 9.10. The van der Waals surface area contributed by atoms with Crippen molar-refractivity contribution in [2.75, 3.05) is 20.0 Å². The maximum absolute atomic E-state index is 12.0. The summed E-state index contributed by atoms with van der Waals surface area (Å²) in [6, 6.07) is 16.7. The Labute approximate surface area is 167 Å². The standard InChI is InChI=1S/C21H22O8/c22-18-16(11-26-20(24)14-7-3-1-4-8-14)28-13-29-17(19(18)23)12-27-21(25)15-9-5-2-6-10-15/h1-10,16-19,22-23H,11-13H2/t16-,17+,18+,19-. The normalized spacial score (nSPS) is 24.3. The Kier molecular flexibility index (Phi) is 7.31. The van der Waals surface area contributed by atoms with Gasteiger partial charge in [-0.2, -0.15) is 0 Å². The quantitative estimate of drug-likeness (QED) is 0.693. The van der Waals surface area contributed by atoms with Gasteiger partial charge in [-0.05, 0) is 24.3 Å². The Bertz CT molecular complexity index is 727. The zero-order valence-electron chi connectivity index (χ0n) is 15.5. The van der Waals surface area contributed by atoms with Crippen LogP contribution in [0.2, 0.25) is 0 Å². The Hall–Kier alpha value is -2.78. The van der Waals surface area contributed by atoms with E-state index in [4.69, 9.17) is 18.9 Å². The molecule has 1 aliphatic rings. The number of benzene rings is 2. The van der Waals surface area contributed by atoms with Gasteiger partial charge in [0.15, 0.2) is 0 Å². The van der Waals surface area contributed by atoms with Gasteiger partial charge in [0, 0.05) is 0 Å². The zero-order chi connectivity index (χ0) is 20.6. The molecule has 2 N–H and O–H groups in total. The van der Waals surface area contributed by atoms with Crippen LogP contribution in [-0.4, -0.2) is 66.6 Å². The van der Waals surface area contributed by atoms with Crippen molar-refractivity contribution >= 4 is 11.9 Å². The first-order valence-corrected chi connectivity index (χ1v) is 9.10. The van der Waals surface area contributed by atoms with Crippen molar-refractivity contribution in [3.05, 3.63) is 71.8 Å². The molecule has 0 saturated carbocycles. The molecule has 0 bridgehead atoms. The van der Waals surface area contributed by atoms with Crippen LogP contribution in [0.4, 0.5) is 0 Å². The van der Waals surface area contributed by atoms with Gasteiger partial charge in [-0.15, -0.1) is 0 Å². The highest BCUT2D eigenvalue weighted by molar-refractivity contribution is 5.89. The number of hydrogen-bond acceptors (Lipinski definition) is 8. The molecule has 0 unspecified atom stereocenters. The fraction of sp³-hybridized carbons (Fsp3) is 0.333. The molecule has 1 saturated heterocycles. The fourth-order valence-electron chi connectivity index (χ4n) is 2.78. The third kappa shape index (κ3) is 5.61. The topological polar surface area (TPSA) is 112 Å². The number of hydrogen-bond donors (Lipinski definition) is 2. The van der Waals surface area contributed by atoms with E-state index in [1.807, 2.05) is 0 Å². The van der Waals surface area contributed by atoms with Crippen LogP contribution in [0.5, 0.6) is 0 Å². The molecule has 0 aliphatic carbocycles. The summed E-state index contributed by atoms with van der Waals surface area (Å²) >= 11 is 0. The largest absolute Gasteiger partial charge is 0.459 e. The molecule has 154 valence electrons. The minimum atomic E-state index is -1.40. The third-order valence-electron chi connectivity index (χ3n) is 4.45. The summed E-state index contributed by atoms with van der Waals surface area (Å²) in [6.45, 7) is -0.813. The van der Waals surface area contributed by atoms with Crippen molar-refractivity contribution in [2.24, 2.45) is 0 Å². The minimum absolute atomic E-state index is 0.269. The summed E-state index contributed by atoms with van der Waals surface area (Å²) in [7, 11) is 0. The molecule has 29 heavy (non-hydrogen) atoms. The highest BCUT2D eigenvalue weighted by atomic mass is 16.7. The first kappa shape index (κ1) is 20.9. The van der Waals surface area contributed by atoms with Crippen molar-refractivity contribution < 1.29 is 38.7 Å². The Morgan fingerprint density at radius 3 is 1.52 bits per heavy atom. The van der Waals surface area contributed by atoms with Crippen molar-refractivity contribution in [1.82, 2.24) is 0 Å². The lowest BCUT2D eigenvalue weighted by molar-refractivity contribution is -0.125. The lowest BCUT2D eigenvalue weighted by Crippen LogP contribution is -2.46. The van der Waals surface area contributed by atoms with E-state index in [9.17, 15) is 19.8 Å². The molecule has 0 aromatic heterocycles. The molecule has 8 heteroatoms. The highest BCUT2D eigenvalue weighted by Crippen LogP contribution is 2.17. The summed E-state index contributed by atoms with van der Waals surface area (Å²) in [5, 5.41) is 20.7. The lowest BCUT2D eigenvalue weighted by atomic mass is 10.0. The summed E-state index contributed by atoms with van der Waals surface area (Å²) in [4.78, 5) is 24.1. The average molecular weight is 402 g/mol. The Balaban J connectivity index is 1.52. The number of rotatable bonds is 6. The molecule has 0 spiro atoms. The maximum atomic E-state index is 12.0. The van der Waals surface area contributed by atoms with Crippen LogP contribution in [0.25, 0.3) is 0 Å².